The number of rotatable bonds is 7. The van der Waals surface area contributed by atoms with Gasteiger partial charge in [0.05, 0.1) is 25.0 Å². The number of nitrogens with one attached hydrogen (secondary N) is 1. The fraction of sp³-hybridized carbons (Fsp3) is 0.211. The van der Waals surface area contributed by atoms with Crippen molar-refractivity contribution in [3.63, 3.8) is 0 Å². The normalized spacial score (nSPS) is 11.8. The Morgan fingerprint density at radius 2 is 1.92 bits per heavy atom. The molecular formula is C19H19NO6. The van der Waals surface area contributed by atoms with Gasteiger partial charge in [0.25, 0.3) is 5.91 Å². The maximum absolute atomic E-state index is 11.8. The Bertz CT molecular complexity index is 777. The molecule has 1 aromatic carbocycles. The Morgan fingerprint density at radius 1 is 1.19 bits per heavy atom. The van der Waals surface area contributed by atoms with Crippen molar-refractivity contribution in [1.82, 2.24) is 5.32 Å². The molecule has 0 spiro atoms. The maximum atomic E-state index is 11.8. The molecule has 0 unspecified atom stereocenters. The third kappa shape index (κ3) is 5.62. The van der Waals surface area contributed by atoms with Crippen LogP contribution in [0, 0.1) is 0 Å². The standard InChI is InChI=1S/C19H19NO6/c1-13(16-4-3-11-25-16)20-17(21)12-26-18(22)10-7-14-5-8-15(9-6-14)19(23)24-2/h3-11,13H,12H2,1-2H3,(H,20,21)/b10-7+/t13-/m0/s1. The number of carbonyl (C=O) groups is 3. The Balaban J connectivity index is 1.78. The van der Waals surface area contributed by atoms with E-state index in [-0.39, 0.29) is 6.04 Å². The molecule has 1 N–H and O–H groups in total. The third-order valence-corrected chi connectivity index (χ3v) is 3.44. The SMILES string of the molecule is COC(=O)c1ccc(/C=C/C(=O)OCC(=O)N[C@@H](C)c2ccco2)cc1. The summed E-state index contributed by atoms with van der Waals surface area (Å²) in [7, 11) is 1.30. The summed E-state index contributed by atoms with van der Waals surface area (Å²) in [5.41, 5.74) is 1.11. The molecule has 2 rings (SSSR count). The van der Waals surface area contributed by atoms with Gasteiger partial charge in [-0.3, -0.25) is 4.79 Å². The molecule has 26 heavy (non-hydrogen) atoms. The van der Waals surface area contributed by atoms with E-state index in [9.17, 15) is 14.4 Å². The van der Waals surface area contributed by atoms with Gasteiger partial charge in [0.2, 0.25) is 0 Å². The molecule has 2 aromatic rings. The van der Waals surface area contributed by atoms with Crippen LogP contribution in [0.1, 0.15) is 34.6 Å². The number of methoxy groups -OCH3 is 1. The van der Waals surface area contributed by atoms with E-state index in [2.05, 4.69) is 10.1 Å². The largest absolute Gasteiger partial charge is 0.467 e. The monoisotopic (exact) mass is 357 g/mol. The first-order chi connectivity index (χ1) is 12.5. The van der Waals surface area contributed by atoms with E-state index in [1.807, 2.05) is 0 Å². The fourth-order valence-corrected chi connectivity index (χ4v) is 2.09. The first kappa shape index (κ1) is 19.0. The van der Waals surface area contributed by atoms with Gasteiger partial charge in [-0.15, -0.1) is 0 Å². The molecule has 1 atom stereocenters. The quantitative estimate of drug-likeness (QED) is 0.604. The molecule has 1 amide bonds. The molecular weight excluding hydrogens is 338 g/mol. The molecule has 0 radical (unpaired) electrons. The lowest BCUT2D eigenvalue weighted by Gasteiger charge is -2.11. The second kappa shape index (κ2) is 9.22. The summed E-state index contributed by atoms with van der Waals surface area (Å²) >= 11 is 0. The first-order valence-corrected chi connectivity index (χ1v) is 7.85. The second-order valence-corrected chi connectivity index (χ2v) is 5.36. The number of furan rings is 1. The minimum Gasteiger partial charge on any atom is -0.467 e. The highest BCUT2D eigenvalue weighted by atomic mass is 16.5. The van der Waals surface area contributed by atoms with Crippen LogP contribution < -0.4 is 5.32 Å². The molecule has 0 aliphatic carbocycles. The molecule has 1 heterocycles. The van der Waals surface area contributed by atoms with Crippen LogP contribution in [0.15, 0.2) is 53.2 Å². The van der Waals surface area contributed by atoms with Crippen LogP contribution in [0.4, 0.5) is 0 Å². The molecule has 0 bridgehead atoms. The van der Waals surface area contributed by atoms with Gasteiger partial charge in [0.1, 0.15) is 5.76 Å². The molecule has 1 aromatic heterocycles. The zero-order valence-corrected chi connectivity index (χ0v) is 14.4. The van der Waals surface area contributed by atoms with Crippen molar-refractivity contribution >= 4 is 23.9 Å². The van der Waals surface area contributed by atoms with Crippen LogP contribution in [-0.2, 0) is 19.1 Å². The van der Waals surface area contributed by atoms with Crippen molar-refractivity contribution in [2.45, 2.75) is 13.0 Å². The maximum Gasteiger partial charge on any atom is 0.337 e. The van der Waals surface area contributed by atoms with Crippen LogP contribution in [0.25, 0.3) is 6.08 Å². The van der Waals surface area contributed by atoms with E-state index in [1.54, 1.807) is 43.3 Å². The summed E-state index contributed by atoms with van der Waals surface area (Å²) in [5, 5.41) is 2.66. The summed E-state index contributed by atoms with van der Waals surface area (Å²) < 4.78 is 14.7. The van der Waals surface area contributed by atoms with Gasteiger partial charge < -0.3 is 19.2 Å². The molecule has 0 aliphatic heterocycles. The lowest BCUT2D eigenvalue weighted by molar-refractivity contribution is -0.144. The number of ether oxygens (including phenoxy) is 2. The van der Waals surface area contributed by atoms with E-state index >= 15 is 0 Å². The van der Waals surface area contributed by atoms with Gasteiger partial charge in [-0.1, -0.05) is 12.1 Å². The predicted molar refractivity (Wildman–Crippen MR) is 93.0 cm³/mol. The number of carbonyl (C=O) groups excluding carboxylic acids is 3. The minimum absolute atomic E-state index is 0.319. The van der Waals surface area contributed by atoms with E-state index in [4.69, 9.17) is 9.15 Å². The minimum atomic E-state index is -0.650. The van der Waals surface area contributed by atoms with Gasteiger partial charge >= 0.3 is 11.9 Å². The van der Waals surface area contributed by atoms with Gasteiger partial charge in [0, 0.05) is 6.08 Å². The number of esters is 2. The van der Waals surface area contributed by atoms with Crippen LogP contribution in [0.5, 0.6) is 0 Å². The molecule has 7 heteroatoms. The van der Waals surface area contributed by atoms with Gasteiger partial charge in [-0.05, 0) is 42.8 Å². The lowest BCUT2D eigenvalue weighted by atomic mass is 10.1. The molecule has 0 saturated heterocycles. The van der Waals surface area contributed by atoms with Crippen molar-refractivity contribution in [3.05, 3.63) is 65.6 Å². The Labute approximate surface area is 150 Å². The Kier molecular flexibility index (Phi) is 6.73. The molecule has 136 valence electrons. The summed E-state index contributed by atoms with van der Waals surface area (Å²) in [4.78, 5) is 34.8. The fourth-order valence-electron chi connectivity index (χ4n) is 2.09. The van der Waals surface area contributed by atoms with Gasteiger partial charge in [-0.2, -0.15) is 0 Å². The number of amides is 1. The molecule has 7 nitrogen and oxygen atoms in total. The van der Waals surface area contributed by atoms with Crippen LogP contribution in [0.3, 0.4) is 0 Å². The van der Waals surface area contributed by atoms with Crippen molar-refractivity contribution in [2.75, 3.05) is 13.7 Å². The van der Waals surface area contributed by atoms with E-state index in [0.717, 1.165) is 0 Å². The smallest absolute Gasteiger partial charge is 0.337 e. The second-order valence-electron chi connectivity index (χ2n) is 5.36. The highest BCUT2D eigenvalue weighted by Gasteiger charge is 2.12. The summed E-state index contributed by atoms with van der Waals surface area (Å²) in [6.45, 7) is 1.37. The molecule has 0 aliphatic rings. The van der Waals surface area contributed by atoms with Gasteiger partial charge in [0.15, 0.2) is 6.61 Å². The summed E-state index contributed by atoms with van der Waals surface area (Å²) in [6, 6.07) is 9.63. The third-order valence-electron chi connectivity index (χ3n) is 3.44. The topological polar surface area (TPSA) is 94.8 Å². The average Bonchev–Trinajstić information content (AvgIpc) is 3.19. The zero-order chi connectivity index (χ0) is 18.9. The predicted octanol–water partition coefficient (Wildman–Crippen LogP) is 2.50. The van der Waals surface area contributed by atoms with Crippen LogP contribution >= 0.6 is 0 Å². The zero-order valence-electron chi connectivity index (χ0n) is 14.4. The lowest BCUT2D eigenvalue weighted by Crippen LogP contribution is -2.30. The van der Waals surface area contributed by atoms with Crippen molar-refractivity contribution in [3.8, 4) is 0 Å². The Morgan fingerprint density at radius 3 is 2.54 bits per heavy atom. The summed E-state index contributed by atoms with van der Waals surface area (Å²) in [5.74, 6) is -0.907. The highest BCUT2D eigenvalue weighted by molar-refractivity contribution is 5.91. The molecule has 0 saturated carbocycles. The van der Waals surface area contributed by atoms with E-state index in [0.29, 0.717) is 16.9 Å². The van der Waals surface area contributed by atoms with E-state index < -0.39 is 24.5 Å². The number of hydrogen-bond acceptors (Lipinski definition) is 6. The van der Waals surface area contributed by atoms with Crippen molar-refractivity contribution in [1.29, 1.82) is 0 Å². The van der Waals surface area contributed by atoms with E-state index in [1.165, 1.54) is 25.5 Å². The van der Waals surface area contributed by atoms with Gasteiger partial charge in [-0.25, -0.2) is 9.59 Å². The Hall–Kier alpha value is -3.35. The van der Waals surface area contributed by atoms with Crippen molar-refractivity contribution in [2.24, 2.45) is 0 Å². The van der Waals surface area contributed by atoms with Crippen LogP contribution in [-0.4, -0.2) is 31.6 Å². The summed E-state index contributed by atoms with van der Waals surface area (Å²) in [6.07, 6.45) is 4.24. The number of hydrogen-bond donors (Lipinski definition) is 1. The highest BCUT2D eigenvalue weighted by Crippen LogP contribution is 2.11. The number of benzene rings is 1. The van der Waals surface area contributed by atoms with Crippen molar-refractivity contribution < 1.29 is 28.3 Å². The molecule has 0 fully saturated rings. The van der Waals surface area contributed by atoms with Crippen LogP contribution in [0.2, 0.25) is 0 Å². The average molecular weight is 357 g/mol. The first-order valence-electron chi connectivity index (χ1n) is 7.85.